The van der Waals surface area contributed by atoms with Crippen LogP contribution >= 0.6 is 0 Å². The van der Waals surface area contributed by atoms with Crippen LogP contribution in [0.15, 0.2) is 78.9 Å². The lowest BCUT2D eigenvalue weighted by molar-refractivity contribution is -0.142. The first-order valence-electron chi connectivity index (χ1n) is 12.3. The monoisotopic (exact) mass is 533 g/mol. The zero-order valence-corrected chi connectivity index (χ0v) is 21.2. The summed E-state index contributed by atoms with van der Waals surface area (Å²) in [5.74, 6) is -2.81. The number of nitrogens with one attached hydrogen (secondary N) is 1. The van der Waals surface area contributed by atoms with Crippen LogP contribution in [0.25, 0.3) is 0 Å². The van der Waals surface area contributed by atoms with Gasteiger partial charge in [0, 0.05) is 18.7 Å². The summed E-state index contributed by atoms with van der Waals surface area (Å²) < 4.78 is 18.7. The topological polar surface area (TPSA) is 116 Å². The zero-order valence-electron chi connectivity index (χ0n) is 21.2. The van der Waals surface area contributed by atoms with Crippen LogP contribution < -0.4 is 10.1 Å². The van der Waals surface area contributed by atoms with Crippen LogP contribution in [0.2, 0.25) is 0 Å². The zero-order chi connectivity index (χ0) is 27.9. The number of methoxy groups -OCH3 is 1. The minimum Gasteiger partial charge on any atom is -0.497 e. The molecule has 1 aliphatic rings. The SMILES string of the molecule is COc1cccc(C(=O)N2CCN(C(=O)Cc3ccccc3)C2C(=O)NC(CC(=O)O)c2ccc(F)cc2)c1. The molecular formula is C29H28FN3O6. The van der Waals surface area contributed by atoms with Gasteiger partial charge in [0.2, 0.25) is 5.91 Å². The molecule has 0 radical (unpaired) electrons. The Balaban J connectivity index is 1.65. The lowest BCUT2D eigenvalue weighted by atomic mass is 10.0. The molecular weight excluding hydrogens is 505 g/mol. The van der Waals surface area contributed by atoms with E-state index in [-0.39, 0.29) is 31.0 Å². The summed E-state index contributed by atoms with van der Waals surface area (Å²) in [5.41, 5.74) is 1.39. The van der Waals surface area contributed by atoms with Crippen LogP contribution in [0, 0.1) is 5.82 Å². The number of ether oxygens (including phenoxy) is 1. The Hall–Kier alpha value is -4.73. The van der Waals surface area contributed by atoms with Crippen molar-refractivity contribution >= 4 is 23.7 Å². The van der Waals surface area contributed by atoms with Crippen molar-refractivity contribution in [3.05, 3.63) is 101 Å². The maximum atomic E-state index is 13.7. The van der Waals surface area contributed by atoms with Crippen molar-refractivity contribution in [3.63, 3.8) is 0 Å². The molecule has 10 heteroatoms. The van der Waals surface area contributed by atoms with Crippen LogP contribution in [0.1, 0.15) is 33.9 Å². The number of amides is 3. The fourth-order valence-corrected chi connectivity index (χ4v) is 4.55. The average Bonchev–Trinajstić information content (AvgIpc) is 3.39. The van der Waals surface area contributed by atoms with Crippen LogP contribution in [0.3, 0.4) is 0 Å². The number of aliphatic carboxylic acids is 1. The number of carbonyl (C=O) groups is 4. The van der Waals surface area contributed by atoms with Gasteiger partial charge in [0.25, 0.3) is 11.8 Å². The quantitative estimate of drug-likeness (QED) is 0.437. The second kappa shape index (κ2) is 12.2. The van der Waals surface area contributed by atoms with Crippen LogP contribution in [-0.2, 0) is 20.8 Å². The number of carbonyl (C=O) groups excluding carboxylic acids is 3. The molecule has 1 saturated heterocycles. The smallest absolute Gasteiger partial charge is 0.305 e. The molecule has 0 bridgehead atoms. The number of nitrogens with zero attached hydrogens (tertiary/aromatic N) is 2. The summed E-state index contributed by atoms with van der Waals surface area (Å²) >= 11 is 0. The number of hydrogen-bond donors (Lipinski definition) is 2. The van der Waals surface area contributed by atoms with Gasteiger partial charge in [0.1, 0.15) is 11.6 Å². The number of rotatable bonds is 9. The molecule has 9 nitrogen and oxygen atoms in total. The number of benzene rings is 3. The van der Waals surface area contributed by atoms with Gasteiger partial charge in [0.05, 0.1) is 26.0 Å². The predicted octanol–water partition coefficient (Wildman–Crippen LogP) is 3.02. The summed E-state index contributed by atoms with van der Waals surface area (Å²) in [4.78, 5) is 54.8. The van der Waals surface area contributed by atoms with E-state index < -0.39 is 42.2 Å². The molecule has 2 unspecified atom stereocenters. The number of hydrogen-bond acceptors (Lipinski definition) is 5. The Morgan fingerprint density at radius 1 is 0.974 bits per heavy atom. The summed E-state index contributed by atoms with van der Waals surface area (Å²) in [6.07, 6.45) is -1.79. The number of carboxylic acid groups (broad SMARTS) is 1. The van der Waals surface area contributed by atoms with E-state index >= 15 is 0 Å². The Morgan fingerprint density at radius 2 is 1.67 bits per heavy atom. The van der Waals surface area contributed by atoms with Crippen LogP contribution in [-0.4, -0.2) is 65.0 Å². The first-order valence-corrected chi connectivity index (χ1v) is 12.3. The number of halogens is 1. The Morgan fingerprint density at radius 3 is 2.33 bits per heavy atom. The van der Waals surface area contributed by atoms with Crippen molar-refractivity contribution in [2.45, 2.75) is 25.0 Å². The highest BCUT2D eigenvalue weighted by Crippen LogP contribution is 2.24. The van der Waals surface area contributed by atoms with Crippen molar-refractivity contribution in [3.8, 4) is 5.75 Å². The van der Waals surface area contributed by atoms with Gasteiger partial charge in [-0.15, -0.1) is 0 Å². The molecule has 4 rings (SSSR count). The van der Waals surface area contributed by atoms with Gasteiger partial charge < -0.3 is 25.0 Å². The third-order valence-corrected chi connectivity index (χ3v) is 6.47. The molecule has 2 atom stereocenters. The summed E-state index contributed by atoms with van der Waals surface area (Å²) in [5, 5.41) is 12.1. The molecule has 39 heavy (non-hydrogen) atoms. The lowest BCUT2D eigenvalue weighted by Crippen LogP contribution is -2.54. The molecule has 3 amide bonds. The molecule has 3 aromatic carbocycles. The van der Waals surface area contributed by atoms with E-state index in [9.17, 15) is 28.7 Å². The minimum atomic E-state index is -1.32. The van der Waals surface area contributed by atoms with E-state index in [0.717, 1.165) is 5.56 Å². The van der Waals surface area contributed by atoms with Crippen LogP contribution in [0.5, 0.6) is 5.75 Å². The molecule has 0 spiro atoms. The molecule has 1 aliphatic heterocycles. The van der Waals surface area contributed by atoms with E-state index in [4.69, 9.17) is 4.74 Å². The highest BCUT2D eigenvalue weighted by atomic mass is 19.1. The molecule has 0 saturated carbocycles. The molecule has 1 heterocycles. The molecule has 1 fully saturated rings. The van der Waals surface area contributed by atoms with Gasteiger partial charge in [-0.1, -0.05) is 48.5 Å². The van der Waals surface area contributed by atoms with E-state index in [1.807, 2.05) is 6.07 Å². The maximum Gasteiger partial charge on any atom is 0.305 e. The van der Waals surface area contributed by atoms with Crippen molar-refractivity contribution in [2.75, 3.05) is 20.2 Å². The van der Waals surface area contributed by atoms with Crippen molar-refractivity contribution in [1.82, 2.24) is 15.1 Å². The van der Waals surface area contributed by atoms with E-state index in [0.29, 0.717) is 11.3 Å². The first-order chi connectivity index (χ1) is 18.8. The van der Waals surface area contributed by atoms with Gasteiger partial charge in [-0.3, -0.25) is 19.2 Å². The van der Waals surface area contributed by atoms with Gasteiger partial charge in [-0.2, -0.15) is 0 Å². The third kappa shape index (κ3) is 6.59. The summed E-state index contributed by atoms with van der Waals surface area (Å²) in [6.45, 7) is 0.203. The fourth-order valence-electron chi connectivity index (χ4n) is 4.55. The standard InChI is InChI=1S/C29H28FN3O6/c1-39-23-9-5-8-21(17-23)29(38)33-15-14-32(25(34)16-19-6-3-2-4-7-19)28(33)27(37)31-24(18-26(35)36)20-10-12-22(30)13-11-20/h2-13,17,24,28H,14-16,18H2,1H3,(H,31,37)(H,35,36). The second-order valence-corrected chi connectivity index (χ2v) is 9.06. The number of carboxylic acids is 1. The van der Waals surface area contributed by atoms with Gasteiger partial charge in [-0.05, 0) is 41.5 Å². The Kier molecular flexibility index (Phi) is 8.55. The normalized spacial score (nSPS) is 15.5. The summed E-state index contributed by atoms with van der Waals surface area (Å²) in [6, 6.07) is 19.5. The molecule has 2 N–H and O–H groups in total. The van der Waals surface area contributed by atoms with Gasteiger partial charge in [-0.25, -0.2) is 4.39 Å². The Bertz CT molecular complexity index is 1350. The highest BCUT2D eigenvalue weighted by Gasteiger charge is 2.43. The largest absolute Gasteiger partial charge is 0.497 e. The minimum absolute atomic E-state index is 0.0162. The van der Waals surface area contributed by atoms with E-state index in [1.165, 1.54) is 47.2 Å². The van der Waals surface area contributed by atoms with Gasteiger partial charge in [0.15, 0.2) is 6.17 Å². The van der Waals surface area contributed by atoms with Gasteiger partial charge >= 0.3 is 5.97 Å². The van der Waals surface area contributed by atoms with Crippen molar-refractivity contribution < 1.29 is 33.4 Å². The van der Waals surface area contributed by atoms with E-state index in [1.54, 1.807) is 42.5 Å². The highest BCUT2D eigenvalue weighted by molar-refractivity contribution is 5.99. The molecule has 202 valence electrons. The van der Waals surface area contributed by atoms with E-state index in [2.05, 4.69) is 5.32 Å². The van der Waals surface area contributed by atoms with Crippen molar-refractivity contribution in [2.24, 2.45) is 0 Å². The maximum absolute atomic E-state index is 13.7. The fraction of sp³-hybridized carbons (Fsp3) is 0.241. The lowest BCUT2D eigenvalue weighted by Gasteiger charge is -2.31. The van der Waals surface area contributed by atoms with Crippen LogP contribution in [0.4, 0.5) is 4.39 Å². The molecule has 0 aromatic heterocycles. The first kappa shape index (κ1) is 27.3. The molecule has 3 aromatic rings. The third-order valence-electron chi connectivity index (χ3n) is 6.47. The predicted molar refractivity (Wildman–Crippen MR) is 139 cm³/mol. The summed E-state index contributed by atoms with van der Waals surface area (Å²) in [7, 11) is 1.47. The average molecular weight is 534 g/mol. The molecule has 0 aliphatic carbocycles. The van der Waals surface area contributed by atoms with Crippen molar-refractivity contribution in [1.29, 1.82) is 0 Å². The Labute approximate surface area is 224 Å². The second-order valence-electron chi connectivity index (χ2n) is 9.06.